The summed E-state index contributed by atoms with van der Waals surface area (Å²) in [5, 5.41) is 15.9. The van der Waals surface area contributed by atoms with Crippen LogP contribution in [0.2, 0.25) is 0 Å². The summed E-state index contributed by atoms with van der Waals surface area (Å²) in [7, 11) is 0. The second kappa shape index (κ2) is 7.03. The maximum absolute atomic E-state index is 13.2. The number of rotatable bonds is 3. The van der Waals surface area contributed by atoms with Crippen molar-refractivity contribution < 1.29 is 14.7 Å². The van der Waals surface area contributed by atoms with Crippen LogP contribution < -0.4 is 5.32 Å². The molecular weight excluding hydrogens is 376 g/mol. The Morgan fingerprint density at radius 3 is 2.75 bits per heavy atom. The number of β-amino-alcohol motifs (C(OH)–C–C–N with tert-alkyl or cyclic N) is 1. The number of fused-ring (bicyclic) bond motifs is 1. The smallest absolute Gasteiger partial charge is 0.272 e. The van der Waals surface area contributed by atoms with Gasteiger partial charge in [-0.3, -0.25) is 14.0 Å². The van der Waals surface area contributed by atoms with E-state index in [-0.39, 0.29) is 18.4 Å². The number of carbonyl (C=O) groups is 2. The monoisotopic (exact) mass is 398 g/mol. The fourth-order valence-corrected chi connectivity index (χ4v) is 4.78. The molecule has 1 aliphatic rings. The van der Waals surface area contributed by atoms with Crippen LogP contribution >= 0.6 is 11.3 Å². The van der Waals surface area contributed by atoms with E-state index >= 15 is 0 Å². The Morgan fingerprint density at radius 1 is 1.32 bits per heavy atom. The zero-order valence-electron chi connectivity index (χ0n) is 15.8. The zero-order valence-corrected chi connectivity index (χ0v) is 16.6. The molecule has 0 radical (unpaired) electrons. The summed E-state index contributed by atoms with van der Waals surface area (Å²) < 4.78 is 1.79. The van der Waals surface area contributed by atoms with E-state index in [1.165, 1.54) is 18.3 Å². The van der Waals surface area contributed by atoms with Crippen LogP contribution in [0.5, 0.6) is 0 Å². The summed E-state index contributed by atoms with van der Waals surface area (Å²) in [5.41, 5.74) is 1.13. The minimum absolute atomic E-state index is 0.130. The number of thiazole rings is 1. The van der Waals surface area contributed by atoms with Gasteiger partial charge in [0.15, 0.2) is 4.96 Å². The van der Waals surface area contributed by atoms with Crippen LogP contribution in [0, 0.1) is 6.92 Å². The zero-order chi connectivity index (χ0) is 19.9. The number of amides is 2. The summed E-state index contributed by atoms with van der Waals surface area (Å²) in [6.07, 6.45) is 1.33. The third-order valence-electron chi connectivity index (χ3n) is 5.35. The lowest BCUT2D eigenvalue weighted by Crippen LogP contribution is -2.62. The molecule has 0 aliphatic carbocycles. The Morgan fingerprint density at radius 2 is 2.07 bits per heavy atom. The fraction of sp³-hybridized carbons (Fsp3) is 0.350. The van der Waals surface area contributed by atoms with Gasteiger partial charge in [-0.1, -0.05) is 30.3 Å². The number of carbonyl (C=O) groups excluding carboxylic acids is 2. The van der Waals surface area contributed by atoms with Crippen molar-refractivity contribution in [2.24, 2.45) is 0 Å². The van der Waals surface area contributed by atoms with E-state index in [0.29, 0.717) is 24.4 Å². The molecule has 4 rings (SSSR count). The number of aromatic nitrogens is 2. The lowest BCUT2D eigenvalue weighted by atomic mass is 9.78. The molecule has 28 heavy (non-hydrogen) atoms. The van der Waals surface area contributed by atoms with Crippen molar-refractivity contribution in [2.75, 3.05) is 13.1 Å². The fourth-order valence-electron chi connectivity index (χ4n) is 4.02. The predicted octanol–water partition coefficient (Wildman–Crippen LogP) is 1.94. The van der Waals surface area contributed by atoms with Gasteiger partial charge in [0.05, 0.1) is 17.3 Å². The molecule has 3 aromatic rings. The summed E-state index contributed by atoms with van der Waals surface area (Å²) >= 11 is 1.48. The highest BCUT2D eigenvalue weighted by Gasteiger charge is 2.45. The van der Waals surface area contributed by atoms with Gasteiger partial charge in [-0.15, -0.1) is 11.3 Å². The molecular formula is C20H22N4O3S. The van der Waals surface area contributed by atoms with E-state index in [0.717, 1.165) is 10.5 Å². The van der Waals surface area contributed by atoms with Gasteiger partial charge in [0.25, 0.3) is 5.91 Å². The quantitative estimate of drug-likeness (QED) is 0.706. The van der Waals surface area contributed by atoms with E-state index in [2.05, 4.69) is 10.3 Å². The van der Waals surface area contributed by atoms with Crippen molar-refractivity contribution in [3.8, 4) is 0 Å². The Labute approximate surface area is 166 Å². The number of aliphatic hydroxyl groups excluding tert-OH is 1. The molecule has 0 saturated carbocycles. The molecule has 0 spiro atoms. The summed E-state index contributed by atoms with van der Waals surface area (Å²) in [6, 6.07) is 9.45. The number of aryl methyl sites for hydroxylation is 1. The van der Waals surface area contributed by atoms with Crippen LogP contribution in [0.1, 0.15) is 35.1 Å². The molecule has 1 saturated heterocycles. The lowest BCUT2D eigenvalue weighted by molar-refractivity contribution is -0.124. The van der Waals surface area contributed by atoms with Gasteiger partial charge in [0.1, 0.15) is 5.69 Å². The molecule has 7 nitrogen and oxygen atoms in total. The van der Waals surface area contributed by atoms with Crippen LogP contribution in [0.15, 0.2) is 41.9 Å². The molecule has 2 atom stereocenters. The molecule has 1 aromatic carbocycles. The van der Waals surface area contributed by atoms with Crippen LogP contribution in [0.25, 0.3) is 4.96 Å². The Balaban J connectivity index is 1.63. The topological polar surface area (TPSA) is 86.9 Å². The number of hydrogen-bond acceptors (Lipinski definition) is 5. The van der Waals surface area contributed by atoms with E-state index < -0.39 is 11.6 Å². The normalized spacial score (nSPS) is 22.4. The van der Waals surface area contributed by atoms with E-state index in [1.807, 2.05) is 48.8 Å². The molecule has 2 amide bonds. The predicted molar refractivity (Wildman–Crippen MR) is 106 cm³/mol. The van der Waals surface area contributed by atoms with E-state index in [9.17, 15) is 14.7 Å². The van der Waals surface area contributed by atoms with Crippen molar-refractivity contribution >= 4 is 28.1 Å². The average Bonchev–Trinajstić information content (AvgIpc) is 3.23. The van der Waals surface area contributed by atoms with Crippen molar-refractivity contribution in [1.29, 1.82) is 0 Å². The SMILES string of the molecule is CC(=O)N[C@]1(c2ccccc2)CCN(C(=O)c2c(C)nc3sccn23)C[C@H]1O. The highest BCUT2D eigenvalue weighted by atomic mass is 32.1. The second-order valence-electron chi connectivity index (χ2n) is 7.14. The first-order chi connectivity index (χ1) is 13.4. The number of hydrogen-bond donors (Lipinski definition) is 2. The van der Waals surface area contributed by atoms with Gasteiger partial charge in [0.2, 0.25) is 5.91 Å². The number of aliphatic hydroxyl groups is 1. The first-order valence-electron chi connectivity index (χ1n) is 9.16. The molecule has 1 fully saturated rings. The molecule has 2 aromatic heterocycles. The summed E-state index contributed by atoms with van der Waals surface area (Å²) in [6.45, 7) is 3.81. The third-order valence-corrected chi connectivity index (χ3v) is 6.11. The number of nitrogens with zero attached hydrogens (tertiary/aromatic N) is 3. The number of nitrogens with one attached hydrogen (secondary N) is 1. The lowest BCUT2D eigenvalue weighted by Gasteiger charge is -2.46. The highest BCUT2D eigenvalue weighted by Crippen LogP contribution is 2.34. The van der Waals surface area contributed by atoms with Crippen molar-refractivity contribution in [1.82, 2.24) is 19.6 Å². The highest BCUT2D eigenvalue weighted by molar-refractivity contribution is 7.15. The van der Waals surface area contributed by atoms with E-state index in [4.69, 9.17) is 0 Å². The van der Waals surface area contributed by atoms with Gasteiger partial charge in [0, 0.05) is 31.6 Å². The maximum Gasteiger partial charge on any atom is 0.272 e. The Hall–Kier alpha value is -2.71. The van der Waals surface area contributed by atoms with Crippen LogP contribution in [0.4, 0.5) is 0 Å². The number of benzene rings is 1. The standard InChI is InChI=1S/C20H22N4O3S/c1-13-17(24-10-11-28-19(24)21-13)18(27)23-9-8-20(16(26)12-23,22-14(2)25)15-6-4-3-5-7-15/h3-7,10-11,16,26H,8-9,12H2,1-2H3,(H,22,25)/t16-,20+/m1/s1. The second-order valence-corrected chi connectivity index (χ2v) is 8.01. The minimum atomic E-state index is -0.928. The minimum Gasteiger partial charge on any atom is -0.388 e. The summed E-state index contributed by atoms with van der Waals surface area (Å²) in [4.78, 5) is 31.9. The van der Waals surface area contributed by atoms with Gasteiger partial charge < -0.3 is 15.3 Å². The van der Waals surface area contributed by atoms with Crippen molar-refractivity contribution in [3.05, 3.63) is 58.9 Å². The first kappa shape index (κ1) is 18.6. The molecule has 8 heteroatoms. The largest absolute Gasteiger partial charge is 0.388 e. The molecule has 146 valence electrons. The van der Waals surface area contributed by atoms with Gasteiger partial charge in [-0.2, -0.15) is 0 Å². The van der Waals surface area contributed by atoms with Crippen LogP contribution in [-0.4, -0.2) is 50.4 Å². The Bertz CT molecular complexity index is 1030. The maximum atomic E-state index is 13.2. The van der Waals surface area contributed by atoms with Crippen LogP contribution in [-0.2, 0) is 10.3 Å². The van der Waals surface area contributed by atoms with Gasteiger partial charge in [-0.25, -0.2) is 4.98 Å². The number of likely N-dealkylation sites (tertiary alicyclic amines) is 1. The molecule has 0 bridgehead atoms. The van der Waals surface area contributed by atoms with Gasteiger partial charge in [-0.05, 0) is 18.9 Å². The van der Waals surface area contributed by atoms with Crippen molar-refractivity contribution in [2.45, 2.75) is 31.9 Å². The molecule has 0 unspecified atom stereocenters. The number of imidazole rings is 1. The van der Waals surface area contributed by atoms with Gasteiger partial charge >= 0.3 is 0 Å². The Kier molecular flexibility index (Phi) is 4.68. The van der Waals surface area contributed by atoms with E-state index in [1.54, 1.807) is 9.30 Å². The molecule has 3 heterocycles. The third kappa shape index (κ3) is 2.98. The van der Waals surface area contributed by atoms with Crippen molar-refractivity contribution in [3.63, 3.8) is 0 Å². The first-order valence-corrected chi connectivity index (χ1v) is 10.0. The number of piperidine rings is 1. The molecule has 2 N–H and O–H groups in total. The average molecular weight is 398 g/mol. The van der Waals surface area contributed by atoms with Crippen LogP contribution in [0.3, 0.4) is 0 Å². The molecule has 1 aliphatic heterocycles. The summed E-state index contributed by atoms with van der Waals surface area (Å²) in [5.74, 6) is -0.374.